The Balaban J connectivity index is 3.00. The van der Waals surface area contributed by atoms with E-state index in [2.05, 4.69) is 0 Å². The van der Waals surface area contributed by atoms with E-state index in [1.807, 2.05) is 0 Å². The van der Waals surface area contributed by atoms with Crippen molar-refractivity contribution >= 4 is 11.1 Å². The maximum absolute atomic E-state index is 13.0. The molecule has 0 spiro atoms. The molecule has 0 amide bonds. The first-order chi connectivity index (χ1) is 6.13. The summed E-state index contributed by atoms with van der Waals surface area (Å²) in [5.74, 6) is -0.876. The van der Waals surface area contributed by atoms with Crippen molar-refractivity contribution < 1.29 is 13.2 Å². The van der Waals surface area contributed by atoms with E-state index in [9.17, 15) is 8.60 Å². The second-order valence-electron chi connectivity index (χ2n) is 2.38. The molecule has 68 valence electrons. The quantitative estimate of drug-likeness (QED) is 0.733. The van der Waals surface area contributed by atoms with Crippen molar-refractivity contribution in [1.29, 1.82) is 5.26 Å². The van der Waals surface area contributed by atoms with Crippen LogP contribution < -0.4 is 0 Å². The summed E-state index contributed by atoms with van der Waals surface area (Å²) in [7, 11) is 0. The van der Waals surface area contributed by atoms with Gasteiger partial charge in [0.1, 0.15) is 5.82 Å². The van der Waals surface area contributed by atoms with E-state index in [0.717, 1.165) is 6.07 Å². The van der Waals surface area contributed by atoms with Gasteiger partial charge in [0.15, 0.2) is 11.1 Å². The molecule has 1 atom stereocenters. The zero-order valence-corrected chi connectivity index (χ0v) is 7.34. The van der Waals surface area contributed by atoms with E-state index in [4.69, 9.17) is 9.81 Å². The lowest BCUT2D eigenvalue weighted by atomic mass is 10.1. The lowest BCUT2D eigenvalue weighted by Gasteiger charge is -1.99. The van der Waals surface area contributed by atoms with Gasteiger partial charge in [-0.25, -0.2) is 8.60 Å². The smallest absolute Gasteiger partial charge is 0.157 e. The van der Waals surface area contributed by atoms with Gasteiger partial charge >= 0.3 is 0 Å². The SMILES string of the molecule is N#Cc1ccc(CS(=O)O)c(F)c1. The van der Waals surface area contributed by atoms with Crippen molar-refractivity contribution in [3.05, 3.63) is 35.1 Å². The molecule has 0 fully saturated rings. The summed E-state index contributed by atoms with van der Waals surface area (Å²) in [6, 6.07) is 5.56. The highest BCUT2D eigenvalue weighted by Crippen LogP contribution is 2.11. The molecular weight excluding hydrogens is 193 g/mol. The number of hydrogen-bond acceptors (Lipinski definition) is 2. The molecule has 3 nitrogen and oxygen atoms in total. The predicted molar refractivity (Wildman–Crippen MR) is 45.6 cm³/mol. The minimum Gasteiger partial charge on any atom is -0.306 e. The molecule has 0 saturated carbocycles. The number of nitrogens with zero attached hydrogens (tertiary/aromatic N) is 1. The number of nitriles is 1. The molecular formula is C8H6FNO2S. The van der Waals surface area contributed by atoms with Crippen LogP contribution in [0.1, 0.15) is 11.1 Å². The van der Waals surface area contributed by atoms with Gasteiger partial charge in [-0.15, -0.1) is 0 Å². The topological polar surface area (TPSA) is 61.1 Å². The third kappa shape index (κ3) is 2.61. The molecule has 0 aromatic heterocycles. The maximum atomic E-state index is 13.0. The minimum atomic E-state index is -2.06. The van der Waals surface area contributed by atoms with Gasteiger partial charge in [-0.2, -0.15) is 5.26 Å². The molecule has 0 heterocycles. The number of rotatable bonds is 2. The van der Waals surface area contributed by atoms with Gasteiger partial charge in [-0.3, -0.25) is 0 Å². The van der Waals surface area contributed by atoms with Crippen LogP contribution in [0.15, 0.2) is 18.2 Å². The number of hydrogen-bond donors (Lipinski definition) is 1. The molecule has 0 saturated heterocycles. The highest BCUT2D eigenvalue weighted by molar-refractivity contribution is 7.78. The van der Waals surface area contributed by atoms with Gasteiger partial charge < -0.3 is 4.55 Å². The second-order valence-corrected chi connectivity index (χ2v) is 3.32. The van der Waals surface area contributed by atoms with Crippen LogP contribution in [0.4, 0.5) is 4.39 Å². The van der Waals surface area contributed by atoms with E-state index in [1.54, 1.807) is 6.07 Å². The Morgan fingerprint density at radius 3 is 2.77 bits per heavy atom. The number of halogens is 1. The number of benzene rings is 1. The van der Waals surface area contributed by atoms with Crippen LogP contribution in [0.2, 0.25) is 0 Å². The third-order valence-corrected chi connectivity index (χ3v) is 2.02. The Hall–Kier alpha value is -1.25. The van der Waals surface area contributed by atoms with Crippen molar-refractivity contribution in [3.8, 4) is 6.07 Å². The molecule has 0 radical (unpaired) electrons. The summed E-state index contributed by atoms with van der Waals surface area (Å²) in [4.78, 5) is 0. The first-order valence-corrected chi connectivity index (χ1v) is 4.67. The molecule has 5 heteroatoms. The summed E-state index contributed by atoms with van der Waals surface area (Å²) < 4.78 is 31.9. The zero-order valence-electron chi connectivity index (χ0n) is 6.53. The van der Waals surface area contributed by atoms with Crippen molar-refractivity contribution in [2.45, 2.75) is 5.75 Å². The largest absolute Gasteiger partial charge is 0.306 e. The molecule has 1 aromatic carbocycles. The zero-order chi connectivity index (χ0) is 9.84. The average molecular weight is 199 g/mol. The molecule has 1 N–H and O–H groups in total. The Morgan fingerprint density at radius 2 is 2.31 bits per heavy atom. The van der Waals surface area contributed by atoms with E-state index < -0.39 is 16.9 Å². The molecule has 0 aliphatic carbocycles. The van der Waals surface area contributed by atoms with Crippen LogP contribution in [-0.4, -0.2) is 8.76 Å². The molecule has 1 unspecified atom stereocenters. The molecule has 1 aromatic rings. The lowest BCUT2D eigenvalue weighted by Crippen LogP contribution is -1.96. The molecule has 0 aliphatic heterocycles. The van der Waals surface area contributed by atoms with Gasteiger partial charge in [-0.05, 0) is 12.1 Å². The highest BCUT2D eigenvalue weighted by Gasteiger charge is 2.05. The van der Waals surface area contributed by atoms with Crippen LogP contribution in [0.25, 0.3) is 0 Å². The van der Waals surface area contributed by atoms with Gasteiger partial charge in [0, 0.05) is 5.56 Å². The van der Waals surface area contributed by atoms with Gasteiger partial charge in [0.25, 0.3) is 0 Å². The van der Waals surface area contributed by atoms with Gasteiger partial charge in [0.05, 0.1) is 17.4 Å². The van der Waals surface area contributed by atoms with Gasteiger partial charge in [0.2, 0.25) is 0 Å². The Labute approximate surface area is 77.1 Å². The fourth-order valence-electron chi connectivity index (χ4n) is 0.867. The van der Waals surface area contributed by atoms with E-state index in [1.165, 1.54) is 12.1 Å². The molecule has 0 bridgehead atoms. The van der Waals surface area contributed by atoms with Crippen LogP contribution in [0, 0.1) is 17.1 Å². The summed E-state index contributed by atoms with van der Waals surface area (Å²) in [5, 5.41) is 8.41. The third-order valence-electron chi connectivity index (χ3n) is 1.46. The van der Waals surface area contributed by atoms with Crippen molar-refractivity contribution in [1.82, 2.24) is 0 Å². The van der Waals surface area contributed by atoms with E-state index >= 15 is 0 Å². The van der Waals surface area contributed by atoms with Crippen molar-refractivity contribution in [3.63, 3.8) is 0 Å². The highest BCUT2D eigenvalue weighted by atomic mass is 32.2. The average Bonchev–Trinajstić information content (AvgIpc) is 2.08. The fraction of sp³-hybridized carbons (Fsp3) is 0.125. The maximum Gasteiger partial charge on any atom is 0.157 e. The normalized spacial score (nSPS) is 12.1. The van der Waals surface area contributed by atoms with Crippen LogP contribution in [-0.2, 0) is 16.8 Å². The van der Waals surface area contributed by atoms with Crippen molar-refractivity contribution in [2.24, 2.45) is 0 Å². The van der Waals surface area contributed by atoms with Crippen molar-refractivity contribution in [2.75, 3.05) is 0 Å². The monoisotopic (exact) mass is 199 g/mol. The molecule has 1 rings (SSSR count). The van der Waals surface area contributed by atoms with Crippen LogP contribution in [0.5, 0.6) is 0 Å². The van der Waals surface area contributed by atoms with Gasteiger partial charge in [-0.1, -0.05) is 6.07 Å². The fourth-order valence-corrected chi connectivity index (χ4v) is 1.37. The minimum absolute atomic E-state index is 0.139. The summed E-state index contributed by atoms with van der Waals surface area (Å²) >= 11 is -2.06. The Morgan fingerprint density at radius 1 is 1.62 bits per heavy atom. The Bertz CT molecular complexity index is 386. The van der Waals surface area contributed by atoms with Crippen LogP contribution >= 0.6 is 0 Å². The molecule has 0 aliphatic rings. The lowest BCUT2D eigenvalue weighted by molar-refractivity contribution is 0.559. The molecule has 13 heavy (non-hydrogen) atoms. The second kappa shape index (κ2) is 4.12. The van der Waals surface area contributed by atoms with E-state index in [-0.39, 0.29) is 16.9 Å². The predicted octanol–water partition coefficient (Wildman–Crippen LogP) is 1.42. The first kappa shape index (κ1) is 9.84. The van der Waals surface area contributed by atoms with E-state index in [0.29, 0.717) is 0 Å². The summed E-state index contributed by atoms with van der Waals surface area (Å²) in [6.07, 6.45) is 0. The summed E-state index contributed by atoms with van der Waals surface area (Å²) in [5.41, 5.74) is 0.338. The van der Waals surface area contributed by atoms with Crippen LogP contribution in [0.3, 0.4) is 0 Å². The standard InChI is InChI=1S/C8H6FNO2S/c9-8-3-6(4-10)1-2-7(8)5-13(11)12/h1-3H,5H2,(H,11,12). The summed E-state index contributed by atoms with van der Waals surface area (Å²) in [6.45, 7) is 0. The Kier molecular flexibility index (Phi) is 3.12. The first-order valence-electron chi connectivity index (χ1n) is 3.39.